The van der Waals surface area contributed by atoms with E-state index in [1.807, 2.05) is 42.1 Å². The van der Waals surface area contributed by atoms with Gasteiger partial charge in [-0.15, -0.1) is 0 Å². The number of methoxy groups -OCH3 is 1. The smallest absolute Gasteiger partial charge is 0.255 e. The molecule has 0 radical (unpaired) electrons. The third-order valence-corrected chi connectivity index (χ3v) is 13.0. The number of hydrogen-bond acceptors (Lipinski definition) is 12. The standard InChI is InChI=1S/C45H47FN10O3.C5H7NO2/c1-52-27-32-23-36(12-13-37(32)45(52)58)55-21-19-53(20-22-55)26-30-5-10-34(11-6-30)54-17-15-35(16-18-54)56-43-40(42(47)49-28-50-43)41(51-56)31-7-3-29(4-8-31)25-48-44(57)38-24-33(46)9-14-39(38)59-2;7-4-2-1-3-5(8)6-4/h3-14,23-24,28,35H,15-22,25-27H2,1-2H3,(H,48,57)(H2,47,49,50);1-3H2,(H,6,7,8). The molecule has 3 saturated heterocycles. The van der Waals surface area contributed by atoms with E-state index in [1.165, 1.54) is 48.6 Å². The van der Waals surface area contributed by atoms with Crippen LogP contribution in [0.25, 0.3) is 22.3 Å². The van der Waals surface area contributed by atoms with Crippen molar-refractivity contribution in [3.05, 3.63) is 125 Å². The highest BCUT2D eigenvalue weighted by molar-refractivity contribution is 6.00. The van der Waals surface area contributed by atoms with Crippen molar-refractivity contribution in [3.63, 3.8) is 0 Å². The van der Waals surface area contributed by atoms with Crippen LogP contribution in [0.2, 0.25) is 0 Å². The number of halogens is 1. The van der Waals surface area contributed by atoms with Crippen LogP contribution in [0.3, 0.4) is 0 Å². The molecule has 4 aliphatic heterocycles. The lowest BCUT2D eigenvalue weighted by molar-refractivity contribution is -0.133. The average molecular weight is 908 g/mol. The van der Waals surface area contributed by atoms with Crippen LogP contribution in [0.5, 0.6) is 5.75 Å². The number of nitrogens with two attached hydrogens (primary N) is 1. The first-order valence-corrected chi connectivity index (χ1v) is 22.7. The molecule has 6 aromatic rings. The largest absolute Gasteiger partial charge is 0.496 e. The first-order chi connectivity index (χ1) is 32.5. The molecule has 6 heterocycles. The van der Waals surface area contributed by atoms with E-state index in [0.29, 0.717) is 48.7 Å². The molecule has 4 aliphatic rings. The molecule has 17 heteroatoms. The molecule has 10 rings (SSSR count). The van der Waals surface area contributed by atoms with Gasteiger partial charge in [-0.2, -0.15) is 5.10 Å². The van der Waals surface area contributed by atoms with Crippen molar-refractivity contribution in [3.8, 4) is 17.0 Å². The topological polar surface area (TPSA) is 184 Å². The molecule has 0 atom stereocenters. The fourth-order valence-corrected chi connectivity index (χ4v) is 9.31. The van der Waals surface area contributed by atoms with Gasteiger partial charge in [-0.25, -0.2) is 19.0 Å². The molecule has 0 spiro atoms. The summed E-state index contributed by atoms with van der Waals surface area (Å²) in [6.45, 7) is 7.54. The van der Waals surface area contributed by atoms with Crippen LogP contribution in [-0.4, -0.2) is 107 Å². The van der Waals surface area contributed by atoms with Crippen LogP contribution in [-0.2, 0) is 29.2 Å². The van der Waals surface area contributed by atoms with Crippen molar-refractivity contribution in [1.29, 1.82) is 0 Å². The maximum atomic E-state index is 13.8. The van der Waals surface area contributed by atoms with Crippen molar-refractivity contribution in [2.45, 2.75) is 57.8 Å². The second-order valence-electron chi connectivity index (χ2n) is 17.5. The summed E-state index contributed by atoms with van der Waals surface area (Å²) in [7, 11) is 3.30. The number of imide groups is 1. The van der Waals surface area contributed by atoms with Crippen molar-refractivity contribution in [2.24, 2.45) is 0 Å². The minimum Gasteiger partial charge on any atom is -0.496 e. The average Bonchev–Trinajstić information content (AvgIpc) is 3.88. The van der Waals surface area contributed by atoms with E-state index in [2.05, 4.69) is 71.7 Å². The Morgan fingerprint density at radius 3 is 2.21 bits per heavy atom. The second-order valence-corrected chi connectivity index (χ2v) is 17.5. The van der Waals surface area contributed by atoms with Gasteiger partial charge in [-0.1, -0.05) is 36.4 Å². The molecule has 346 valence electrons. The zero-order valence-corrected chi connectivity index (χ0v) is 37.7. The Balaban J connectivity index is 0.000000638. The van der Waals surface area contributed by atoms with Gasteiger partial charge in [0.05, 0.1) is 24.1 Å². The Labute approximate surface area is 387 Å². The molecular weight excluding hydrogens is 854 g/mol. The number of benzene rings is 4. The maximum Gasteiger partial charge on any atom is 0.255 e. The van der Waals surface area contributed by atoms with Crippen molar-refractivity contribution in [2.75, 3.05) is 69.0 Å². The van der Waals surface area contributed by atoms with Gasteiger partial charge in [0, 0.05) is 101 Å². The number of amides is 4. The third kappa shape index (κ3) is 9.92. The van der Waals surface area contributed by atoms with Gasteiger partial charge in [-0.3, -0.25) is 29.4 Å². The number of hydrogen-bond donors (Lipinski definition) is 3. The molecule has 0 aliphatic carbocycles. The summed E-state index contributed by atoms with van der Waals surface area (Å²) in [6, 6.07) is 27.0. The van der Waals surface area contributed by atoms with Gasteiger partial charge in [0.2, 0.25) is 11.8 Å². The Kier molecular flexibility index (Phi) is 13.1. The molecule has 16 nitrogen and oxygen atoms in total. The van der Waals surface area contributed by atoms with Gasteiger partial charge in [0.1, 0.15) is 29.4 Å². The Hall–Kier alpha value is -7.40. The molecule has 3 fully saturated rings. The molecular formula is C50H54FN11O5. The third-order valence-electron chi connectivity index (χ3n) is 13.0. The van der Waals surface area contributed by atoms with Crippen LogP contribution in [0.4, 0.5) is 21.6 Å². The summed E-state index contributed by atoms with van der Waals surface area (Å²) in [5, 5.41) is 10.9. The number of fused-ring (bicyclic) bond motifs is 2. The fraction of sp³-hybridized carbons (Fsp3) is 0.340. The van der Waals surface area contributed by atoms with E-state index in [4.69, 9.17) is 15.6 Å². The first kappa shape index (κ1) is 44.8. The zero-order chi connectivity index (χ0) is 46.6. The number of nitrogens with one attached hydrogen (secondary N) is 2. The van der Waals surface area contributed by atoms with Crippen molar-refractivity contribution < 1.29 is 28.3 Å². The minimum absolute atomic E-state index is 0.112. The van der Waals surface area contributed by atoms with E-state index >= 15 is 0 Å². The number of aromatic nitrogens is 4. The van der Waals surface area contributed by atoms with E-state index in [-0.39, 0.29) is 35.9 Å². The Morgan fingerprint density at radius 2 is 1.52 bits per heavy atom. The Bertz CT molecular complexity index is 2790. The van der Waals surface area contributed by atoms with Crippen LogP contribution in [0, 0.1) is 5.82 Å². The fourth-order valence-electron chi connectivity index (χ4n) is 9.31. The lowest BCUT2D eigenvalue weighted by atomic mass is 10.0. The summed E-state index contributed by atoms with van der Waals surface area (Å²) < 4.78 is 21.1. The summed E-state index contributed by atoms with van der Waals surface area (Å²) in [4.78, 5) is 63.9. The molecule has 0 saturated carbocycles. The zero-order valence-electron chi connectivity index (χ0n) is 37.7. The van der Waals surface area contributed by atoms with Crippen molar-refractivity contribution >= 4 is 51.9 Å². The number of carbonyl (C=O) groups is 4. The molecule has 4 amide bonds. The minimum atomic E-state index is -0.509. The van der Waals surface area contributed by atoms with Crippen LogP contribution >= 0.6 is 0 Å². The summed E-state index contributed by atoms with van der Waals surface area (Å²) >= 11 is 0. The summed E-state index contributed by atoms with van der Waals surface area (Å²) in [5.41, 5.74) is 15.4. The number of piperidine rings is 2. The lowest BCUT2D eigenvalue weighted by Gasteiger charge is -2.36. The predicted octanol–water partition coefficient (Wildman–Crippen LogP) is 5.72. The monoisotopic (exact) mass is 907 g/mol. The predicted molar refractivity (Wildman–Crippen MR) is 253 cm³/mol. The highest BCUT2D eigenvalue weighted by Crippen LogP contribution is 2.35. The van der Waals surface area contributed by atoms with Gasteiger partial charge in [0.25, 0.3) is 11.8 Å². The number of nitrogen functional groups attached to an aromatic ring is 1. The van der Waals surface area contributed by atoms with Gasteiger partial charge < -0.3 is 30.5 Å². The van der Waals surface area contributed by atoms with Crippen LogP contribution < -0.4 is 30.9 Å². The highest BCUT2D eigenvalue weighted by atomic mass is 19.1. The number of anilines is 3. The van der Waals surface area contributed by atoms with Crippen LogP contribution in [0.15, 0.2) is 91.3 Å². The van der Waals surface area contributed by atoms with E-state index in [9.17, 15) is 23.6 Å². The number of rotatable bonds is 10. The Morgan fingerprint density at radius 1 is 0.836 bits per heavy atom. The van der Waals surface area contributed by atoms with E-state index in [1.54, 1.807) is 4.90 Å². The molecule has 0 bridgehead atoms. The maximum absolute atomic E-state index is 13.8. The number of carbonyl (C=O) groups excluding carboxylic acids is 4. The normalized spacial score (nSPS) is 16.7. The molecule has 4 aromatic carbocycles. The summed E-state index contributed by atoms with van der Waals surface area (Å²) in [6.07, 6.45) is 5.02. The van der Waals surface area contributed by atoms with Gasteiger partial charge >= 0.3 is 0 Å². The first-order valence-electron chi connectivity index (χ1n) is 22.7. The van der Waals surface area contributed by atoms with Gasteiger partial charge in [0.15, 0.2) is 5.65 Å². The van der Waals surface area contributed by atoms with Crippen molar-refractivity contribution in [1.82, 2.24) is 40.2 Å². The van der Waals surface area contributed by atoms with E-state index < -0.39 is 11.7 Å². The molecule has 4 N–H and O–H groups in total. The van der Waals surface area contributed by atoms with E-state index in [0.717, 1.165) is 86.3 Å². The number of ether oxygens (including phenoxy) is 1. The summed E-state index contributed by atoms with van der Waals surface area (Å²) in [5.74, 6) is -0.414. The highest BCUT2D eigenvalue weighted by Gasteiger charge is 2.28. The van der Waals surface area contributed by atoms with Gasteiger partial charge in [-0.05, 0) is 84.5 Å². The second kappa shape index (κ2) is 19.6. The SMILES string of the molecule is COc1ccc(F)cc1C(=O)NCc1ccc(-c2nn(C3CCN(c4ccc(CN5CCN(c6ccc7c(c6)CN(C)C7=O)CC5)cc4)CC3)c3ncnc(N)c23)cc1.O=C1CCCC(=O)N1. The lowest BCUT2D eigenvalue weighted by Crippen LogP contribution is -2.46. The molecule has 2 aromatic heterocycles. The molecule has 0 unspecified atom stereocenters. The number of piperazine rings is 1. The number of nitrogens with zero attached hydrogens (tertiary/aromatic N) is 8. The quantitative estimate of drug-likeness (QED) is 0.143. The molecule has 67 heavy (non-hydrogen) atoms. The van der Waals surface area contributed by atoms with Crippen LogP contribution in [0.1, 0.15) is 75.6 Å².